The Morgan fingerprint density at radius 3 is 2.53 bits per heavy atom. The fraction of sp³-hybridized carbons (Fsp3) is 0.545. The summed E-state index contributed by atoms with van der Waals surface area (Å²) < 4.78 is 1.72. The van der Waals surface area contributed by atoms with Gasteiger partial charge in [0.15, 0.2) is 0 Å². The van der Waals surface area contributed by atoms with Crippen molar-refractivity contribution >= 4 is 23.1 Å². The van der Waals surface area contributed by atoms with Gasteiger partial charge in [0.1, 0.15) is 5.69 Å². The zero-order chi connectivity index (χ0) is 13.1. The predicted molar refractivity (Wildman–Crippen MR) is 70.8 cm³/mol. The van der Waals surface area contributed by atoms with Gasteiger partial charge in [-0.25, -0.2) is 4.98 Å². The van der Waals surface area contributed by atoms with Gasteiger partial charge in [0.05, 0.1) is 16.9 Å². The van der Waals surface area contributed by atoms with E-state index < -0.39 is 5.54 Å². The second-order valence-corrected chi connectivity index (χ2v) is 4.47. The Morgan fingerprint density at radius 2 is 2.18 bits per heavy atom. The first-order chi connectivity index (χ1) is 7.95. The molecule has 0 atom stereocenters. The van der Waals surface area contributed by atoms with Gasteiger partial charge in [-0.1, -0.05) is 26.1 Å². The molecule has 0 aliphatic rings. The third-order valence-electron chi connectivity index (χ3n) is 2.97. The van der Waals surface area contributed by atoms with Crippen LogP contribution in [0.15, 0.2) is 12.5 Å². The molecular formula is C11H18N4OS. The quantitative estimate of drug-likeness (QED) is 0.769. The second kappa shape index (κ2) is 5.27. The monoisotopic (exact) mass is 254 g/mol. The Hall–Kier alpha value is -1.43. The molecule has 5 nitrogen and oxygen atoms in total. The van der Waals surface area contributed by atoms with Gasteiger partial charge in [-0.15, -0.1) is 0 Å². The maximum Gasteiger partial charge on any atom is 0.272 e. The lowest BCUT2D eigenvalue weighted by molar-refractivity contribution is 0.0915. The van der Waals surface area contributed by atoms with Crippen LogP contribution in [0.1, 0.15) is 37.2 Å². The number of carbonyl (C=O) groups excluding carboxylic acids is 1. The number of carbonyl (C=O) groups is 1. The van der Waals surface area contributed by atoms with Crippen LogP contribution in [0, 0.1) is 0 Å². The van der Waals surface area contributed by atoms with Crippen LogP contribution in [-0.2, 0) is 7.05 Å². The number of thiocarbonyl (C=S) groups is 1. The van der Waals surface area contributed by atoms with E-state index in [2.05, 4.69) is 10.3 Å². The van der Waals surface area contributed by atoms with E-state index in [-0.39, 0.29) is 5.91 Å². The molecule has 0 unspecified atom stereocenters. The van der Waals surface area contributed by atoms with Gasteiger partial charge in [0, 0.05) is 13.2 Å². The van der Waals surface area contributed by atoms with Crippen LogP contribution in [0.4, 0.5) is 0 Å². The fourth-order valence-corrected chi connectivity index (χ4v) is 1.99. The van der Waals surface area contributed by atoms with Gasteiger partial charge in [0.25, 0.3) is 5.91 Å². The van der Waals surface area contributed by atoms with E-state index in [4.69, 9.17) is 18.0 Å². The second-order valence-electron chi connectivity index (χ2n) is 4.03. The van der Waals surface area contributed by atoms with E-state index in [9.17, 15) is 4.79 Å². The van der Waals surface area contributed by atoms with Crippen LogP contribution >= 0.6 is 12.2 Å². The number of nitrogens with zero attached hydrogens (tertiary/aromatic N) is 2. The molecule has 0 aliphatic heterocycles. The van der Waals surface area contributed by atoms with Crippen molar-refractivity contribution in [1.29, 1.82) is 0 Å². The number of rotatable bonds is 5. The highest BCUT2D eigenvalue weighted by Crippen LogP contribution is 2.16. The first-order valence-electron chi connectivity index (χ1n) is 5.55. The number of aromatic nitrogens is 2. The molecular weight excluding hydrogens is 236 g/mol. The Bertz CT molecular complexity index is 423. The van der Waals surface area contributed by atoms with E-state index in [1.165, 1.54) is 0 Å². The molecule has 6 heteroatoms. The van der Waals surface area contributed by atoms with Gasteiger partial charge < -0.3 is 15.6 Å². The number of amides is 1. The summed E-state index contributed by atoms with van der Waals surface area (Å²) in [4.78, 5) is 16.3. The molecule has 0 spiro atoms. The largest absolute Gasteiger partial charge is 0.391 e. The molecule has 0 aromatic carbocycles. The minimum Gasteiger partial charge on any atom is -0.391 e. The van der Waals surface area contributed by atoms with Crippen LogP contribution in [0.3, 0.4) is 0 Å². The van der Waals surface area contributed by atoms with Crippen molar-refractivity contribution < 1.29 is 4.79 Å². The summed E-state index contributed by atoms with van der Waals surface area (Å²) in [5.41, 5.74) is 5.46. The molecule has 0 fully saturated rings. The molecule has 17 heavy (non-hydrogen) atoms. The average molecular weight is 254 g/mol. The van der Waals surface area contributed by atoms with Crippen LogP contribution < -0.4 is 11.1 Å². The standard InChI is InChI=1S/C11H18N4OS/c1-4-11(5-2,10(12)17)14-9(16)8-6-15(3)7-13-8/h6-7H,4-5H2,1-3H3,(H2,12,17)(H,14,16). The Labute approximate surface area is 106 Å². The lowest BCUT2D eigenvalue weighted by atomic mass is 9.92. The average Bonchev–Trinajstić information content (AvgIpc) is 2.72. The molecule has 94 valence electrons. The summed E-state index contributed by atoms with van der Waals surface area (Å²) in [7, 11) is 1.81. The van der Waals surface area contributed by atoms with Crippen molar-refractivity contribution in [3.8, 4) is 0 Å². The van der Waals surface area contributed by atoms with Crippen LogP contribution in [0.5, 0.6) is 0 Å². The minimum absolute atomic E-state index is 0.248. The Balaban J connectivity index is 2.88. The van der Waals surface area contributed by atoms with Gasteiger partial charge in [-0.3, -0.25) is 4.79 Å². The predicted octanol–water partition coefficient (Wildman–Crippen LogP) is 0.995. The molecule has 1 aromatic rings. The molecule has 1 aromatic heterocycles. The molecule has 1 rings (SSSR count). The lowest BCUT2D eigenvalue weighted by Crippen LogP contribution is -2.56. The van der Waals surface area contributed by atoms with Crippen molar-refractivity contribution in [3.63, 3.8) is 0 Å². The highest BCUT2D eigenvalue weighted by Gasteiger charge is 2.32. The van der Waals surface area contributed by atoms with E-state index >= 15 is 0 Å². The Morgan fingerprint density at radius 1 is 1.59 bits per heavy atom. The molecule has 0 aliphatic carbocycles. The lowest BCUT2D eigenvalue weighted by Gasteiger charge is -2.31. The molecule has 0 saturated carbocycles. The zero-order valence-corrected chi connectivity index (χ0v) is 11.2. The summed E-state index contributed by atoms with van der Waals surface area (Å²) in [6.07, 6.45) is 4.56. The molecule has 3 N–H and O–H groups in total. The number of nitrogens with one attached hydrogen (secondary N) is 1. The van der Waals surface area contributed by atoms with Crippen molar-refractivity contribution in [2.45, 2.75) is 32.2 Å². The number of nitrogens with two attached hydrogens (primary N) is 1. The number of hydrogen-bond donors (Lipinski definition) is 2. The van der Waals surface area contributed by atoms with Gasteiger partial charge >= 0.3 is 0 Å². The van der Waals surface area contributed by atoms with E-state index in [0.717, 1.165) is 0 Å². The maximum atomic E-state index is 12.0. The SMILES string of the molecule is CCC(CC)(NC(=O)c1cn(C)cn1)C(N)=S. The van der Waals surface area contributed by atoms with Gasteiger partial charge in [-0.05, 0) is 12.8 Å². The highest BCUT2D eigenvalue weighted by atomic mass is 32.1. The van der Waals surface area contributed by atoms with Crippen molar-refractivity contribution in [2.24, 2.45) is 12.8 Å². The summed E-state index contributed by atoms with van der Waals surface area (Å²) in [6.45, 7) is 3.89. The number of aryl methyl sites for hydroxylation is 1. The first-order valence-corrected chi connectivity index (χ1v) is 5.96. The van der Waals surface area contributed by atoms with E-state index in [1.807, 2.05) is 20.9 Å². The third kappa shape index (κ3) is 2.82. The molecule has 1 heterocycles. The van der Waals surface area contributed by atoms with Gasteiger partial charge in [0.2, 0.25) is 0 Å². The number of imidazole rings is 1. The maximum absolute atomic E-state index is 12.0. The van der Waals surface area contributed by atoms with Crippen LogP contribution in [0.25, 0.3) is 0 Å². The normalized spacial score (nSPS) is 11.2. The molecule has 0 saturated heterocycles. The molecule has 0 bridgehead atoms. The summed E-state index contributed by atoms with van der Waals surface area (Å²) in [6, 6.07) is 0. The van der Waals surface area contributed by atoms with Crippen molar-refractivity contribution in [2.75, 3.05) is 0 Å². The smallest absolute Gasteiger partial charge is 0.272 e. The summed E-state index contributed by atoms with van der Waals surface area (Å²) >= 11 is 5.04. The highest BCUT2D eigenvalue weighted by molar-refractivity contribution is 7.80. The summed E-state index contributed by atoms with van der Waals surface area (Å²) in [5, 5.41) is 2.88. The fourth-order valence-electron chi connectivity index (χ4n) is 1.65. The van der Waals surface area contributed by atoms with E-state index in [0.29, 0.717) is 23.5 Å². The minimum atomic E-state index is -0.621. The first kappa shape index (κ1) is 13.6. The van der Waals surface area contributed by atoms with Crippen LogP contribution in [-0.4, -0.2) is 26.0 Å². The number of hydrogen-bond acceptors (Lipinski definition) is 3. The van der Waals surface area contributed by atoms with E-state index in [1.54, 1.807) is 17.1 Å². The molecule has 1 amide bonds. The van der Waals surface area contributed by atoms with Gasteiger partial charge in [-0.2, -0.15) is 0 Å². The Kier molecular flexibility index (Phi) is 4.22. The summed E-state index contributed by atoms with van der Waals surface area (Å²) in [5.74, 6) is -0.248. The topological polar surface area (TPSA) is 72.9 Å². The zero-order valence-electron chi connectivity index (χ0n) is 10.4. The third-order valence-corrected chi connectivity index (χ3v) is 3.36. The van der Waals surface area contributed by atoms with Crippen molar-refractivity contribution in [3.05, 3.63) is 18.2 Å². The molecule has 0 radical (unpaired) electrons. The van der Waals surface area contributed by atoms with Crippen LogP contribution in [0.2, 0.25) is 0 Å². The van der Waals surface area contributed by atoms with Crippen molar-refractivity contribution in [1.82, 2.24) is 14.9 Å².